The van der Waals surface area contributed by atoms with Crippen LogP contribution in [0.1, 0.15) is 5.56 Å². The highest BCUT2D eigenvalue weighted by Gasteiger charge is 1.98. The van der Waals surface area contributed by atoms with Crippen LogP contribution in [0.2, 0.25) is 0 Å². The van der Waals surface area contributed by atoms with E-state index < -0.39 is 0 Å². The minimum Gasteiger partial charge on any atom is -0.489 e. The summed E-state index contributed by atoms with van der Waals surface area (Å²) < 4.78 is 19.0. The van der Waals surface area contributed by atoms with Crippen LogP contribution in [0.3, 0.4) is 0 Å². The van der Waals surface area contributed by atoms with E-state index in [2.05, 4.69) is 20.9 Å². The van der Waals surface area contributed by atoms with Crippen LogP contribution in [0, 0.1) is 5.82 Å². The Morgan fingerprint density at radius 2 is 2.12 bits per heavy atom. The molecule has 2 rings (SSSR count). The van der Waals surface area contributed by atoms with Gasteiger partial charge in [0.15, 0.2) is 0 Å². The van der Waals surface area contributed by atoms with E-state index in [1.807, 2.05) is 12.1 Å². The van der Waals surface area contributed by atoms with E-state index >= 15 is 0 Å². The summed E-state index contributed by atoms with van der Waals surface area (Å²) in [6.07, 6.45) is 1.71. The molecule has 0 saturated heterocycles. The first-order valence-electron chi connectivity index (χ1n) is 4.73. The second kappa shape index (κ2) is 5.07. The predicted molar refractivity (Wildman–Crippen MR) is 62.7 cm³/mol. The fourth-order valence-corrected chi connectivity index (χ4v) is 1.45. The Kier molecular flexibility index (Phi) is 3.51. The Labute approximate surface area is 101 Å². The average Bonchev–Trinajstić information content (AvgIpc) is 2.28. The van der Waals surface area contributed by atoms with Crippen LogP contribution in [-0.4, -0.2) is 4.98 Å². The van der Waals surface area contributed by atoms with Gasteiger partial charge in [0, 0.05) is 17.8 Å². The summed E-state index contributed by atoms with van der Waals surface area (Å²) >= 11 is 3.25. The largest absolute Gasteiger partial charge is 0.489 e. The maximum Gasteiger partial charge on any atom is 0.126 e. The summed E-state index contributed by atoms with van der Waals surface area (Å²) in [5.41, 5.74) is 0.937. The van der Waals surface area contributed by atoms with Crippen molar-refractivity contribution in [3.05, 3.63) is 58.6 Å². The van der Waals surface area contributed by atoms with E-state index in [9.17, 15) is 4.39 Å². The Morgan fingerprint density at radius 1 is 1.25 bits per heavy atom. The molecule has 1 aromatic heterocycles. The number of halogens is 2. The minimum absolute atomic E-state index is 0.300. The van der Waals surface area contributed by atoms with Crippen molar-refractivity contribution in [2.24, 2.45) is 0 Å². The summed E-state index contributed by atoms with van der Waals surface area (Å²) in [5, 5.41) is 0. The maximum atomic E-state index is 12.8. The van der Waals surface area contributed by atoms with Gasteiger partial charge < -0.3 is 4.74 Å². The quantitative estimate of drug-likeness (QED) is 0.803. The lowest BCUT2D eigenvalue weighted by Gasteiger charge is -2.05. The molecule has 4 heteroatoms. The second-order valence-electron chi connectivity index (χ2n) is 3.24. The van der Waals surface area contributed by atoms with Crippen LogP contribution in [0.25, 0.3) is 0 Å². The summed E-state index contributed by atoms with van der Waals surface area (Å²) in [6.45, 7) is 0.379. The third kappa shape index (κ3) is 3.03. The van der Waals surface area contributed by atoms with Gasteiger partial charge in [-0.2, -0.15) is 0 Å². The molecular weight excluding hydrogens is 273 g/mol. The van der Waals surface area contributed by atoms with E-state index in [1.165, 1.54) is 12.1 Å². The van der Waals surface area contributed by atoms with Crippen molar-refractivity contribution in [2.45, 2.75) is 6.61 Å². The third-order valence-corrected chi connectivity index (χ3v) is 2.46. The standard InChI is InChI=1S/C12H9BrFNO/c13-12-5-4-9(7-15-12)8-16-11-3-1-2-10(14)6-11/h1-7H,8H2. The van der Waals surface area contributed by atoms with Gasteiger partial charge in [-0.1, -0.05) is 12.1 Å². The molecule has 1 aromatic carbocycles. The first-order chi connectivity index (χ1) is 7.74. The molecule has 0 fully saturated rings. The van der Waals surface area contributed by atoms with E-state index in [0.29, 0.717) is 12.4 Å². The molecule has 0 bridgehead atoms. The van der Waals surface area contributed by atoms with Gasteiger partial charge in [-0.05, 0) is 34.1 Å². The maximum absolute atomic E-state index is 12.8. The van der Waals surface area contributed by atoms with E-state index in [-0.39, 0.29) is 5.82 Å². The Morgan fingerprint density at radius 3 is 2.81 bits per heavy atom. The lowest BCUT2D eigenvalue weighted by atomic mass is 10.3. The monoisotopic (exact) mass is 281 g/mol. The first-order valence-corrected chi connectivity index (χ1v) is 5.52. The molecule has 0 unspecified atom stereocenters. The highest BCUT2D eigenvalue weighted by Crippen LogP contribution is 2.14. The van der Waals surface area contributed by atoms with Crippen molar-refractivity contribution >= 4 is 15.9 Å². The van der Waals surface area contributed by atoms with E-state index in [0.717, 1.165) is 10.2 Å². The number of benzene rings is 1. The molecule has 0 saturated carbocycles. The SMILES string of the molecule is Fc1cccc(OCc2ccc(Br)nc2)c1. The normalized spacial score (nSPS) is 10.1. The van der Waals surface area contributed by atoms with Gasteiger partial charge in [0.1, 0.15) is 22.8 Å². The van der Waals surface area contributed by atoms with Gasteiger partial charge in [-0.15, -0.1) is 0 Å². The highest BCUT2D eigenvalue weighted by atomic mass is 79.9. The summed E-state index contributed by atoms with van der Waals surface area (Å²) in [7, 11) is 0. The number of ether oxygens (including phenoxy) is 1. The molecule has 1 heterocycles. The molecule has 0 aliphatic carbocycles. The molecule has 2 aromatic rings. The van der Waals surface area contributed by atoms with Gasteiger partial charge in [0.2, 0.25) is 0 Å². The second-order valence-corrected chi connectivity index (χ2v) is 4.05. The lowest BCUT2D eigenvalue weighted by Crippen LogP contribution is -1.96. The van der Waals surface area contributed by atoms with E-state index in [1.54, 1.807) is 18.3 Å². The lowest BCUT2D eigenvalue weighted by molar-refractivity contribution is 0.304. The molecule has 16 heavy (non-hydrogen) atoms. The van der Waals surface area contributed by atoms with Gasteiger partial charge in [0.05, 0.1) is 0 Å². The minimum atomic E-state index is -0.300. The smallest absolute Gasteiger partial charge is 0.126 e. The van der Waals surface area contributed by atoms with Crippen LogP contribution < -0.4 is 4.74 Å². The van der Waals surface area contributed by atoms with Crippen molar-refractivity contribution in [3.63, 3.8) is 0 Å². The Bertz CT molecular complexity index is 473. The van der Waals surface area contributed by atoms with Crippen LogP contribution in [0.5, 0.6) is 5.75 Å². The van der Waals surface area contributed by atoms with Crippen molar-refractivity contribution < 1.29 is 9.13 Å². The fraction of sp³-hybridized carbons (Fsp3) is 0.0833. The number of nitrogens with zero attached hydrogens (tertiary/aromatic N) is 1. The molecule has 0 radical (unpaired) electrons. The number of aromatic nitrogens is 1. The van der Waals surface area contributed by atoms with Crippen molar-refractivity contribution in [1.29, 1.82) is 0 Å². The van der Waals surface area contributed by atoms with Crippen molar-refractivity contribution in [3.8, 4) is 5.75 Å². The zero-order valence-electron chi connectivity index (χ0n) is 8.36. The van der Waals surface area contributed by atoms with Gasteiger partial charge in [0.25, 0.3) is 0 Å². The average molecular weight is 282 g/mol. The number of hydrogen-bond donors (Lipinski definition) is 0. The van der Waals surface area contributed by atoms with Gasteiger partial charge in [-0.25, -0.2) is 9.37 Å². The van der Waals surface area contributed by atoms with E-state index in [4.69, 9.17) is 4.74 Å². The number of hydrogen-bond acceptors (Lipinski definition) is 2. The molecule has 0 spiro atoms. The van der Waals surface area contributed by atoms with Crippen LogP contribution in [0.4, 0.5) is 4.39 Å². The molecule has 0 amide bonds. The molecule has 0 N–H and O–H groups in total. The third-order valence-electron chi connectivity index (χ3n) is 1.99. The molecule has 0 aliphatic heterocycles. The Balaban J connectivity index is 1.99. The summed E-state index contributed by atoms with van der Waals surface area (Å²) in [5.74, 6) is 0.217. The zero-order valence-corrected chi connectivity index (χ0v) is 9.95. The zero-order chi connectivity index (χ0) is 11.4. The molecule has 2 nitrogen and oxygen atoms in total. The van der Waals surface area contributed by atoms with Crippen LogP contribution >= 0.6 is 15.9 Å². The van der Waals surface area contributed by atoms with Crippen molar-refractivity contribution in [1.82, 2.24) is 4.98 Å². The fourth-order valence-electron chi connectivity index (χ4n) is 1.22. The van der Waals surface area contributed by atoms with Crippen molar-refractivity contribution in [2.75, 3.05) is 0 Å². The topological polar surface area (TPSA) is 22.1 Å². The van der Waals surface area contributed by atoms with Gasteiger partial charge >= 0.3 is 0 Å². The van der Waals surface area contributed by atoms with Crippen LogP contribution in [-0.2, 0) is 6.61 Å². The predicted octanol–water partition coefficient (Wildman–Crippen LogP) is 3.56. The molecule has 82 valence electrons. The number of rotatable bonds is 3. The molecule has 0 aliphatic rings. The molecular formula is C12H9BrFNO. The Hall–Kier alpha value is -1.42. The molecule has 0 atom stereocenters. The highest BCUT2D eigenvalue weighted by molar-refractivity contribution is 9.10. The summed E-state index contributed by atoms with van der Waals surface area (Å²) in [4.78, 5) is 4.07. The number of pyridine rings is 1. The first kappa shape index (κ1) is 11.1. The van der Waals surface area contributed by atoms with Gasteiger partial charge in [-0.3, -0.25) is 0 Å². The van der Waals surface area contributed by atoms with Crippen LogP contribution in [0.15, 0.2) is 47.2 Å². The summed E-state index contributed by atoms with van der Waals surface area (Å²) in [6, 6.07) is 9.81.